The molecule has 21 heavy (non-hydrogen) atoms. The van der Waals surface area contributed by atoms with Crippen molar-refractivity contribution in [1.82, 2.24) is 5.32 Å². The summed E-state index contributed by atoms with van der Waals surface area (Å²) in [5, 5.41) is 3.68. The lowest BCUT2D eigenvalue weighted by Crippen LogP contribution is -2.19. The summed E-state index contributed by atoms with van der Waals surface area (Å²) < 4.78 is 5.27. The van der Waals surface area contributed by atoms with Crippen molar-refractivity contribution in [3.05, 3.63) is 64.7 Å². The van der Waals surface area contributed by atoms with Gasteiger partial charge in [-0.05, 0) is 47.2 Å². The molecule has 0 saturated carbocycles. The maximum Gasteiger partial charge on any atom is 0.0716 e. The molecule has 2 aromatic carbocycles. The second-order valence-corrected chi connectivity index (χ2v) is 5.63. The van der Waals surface area contributed by atoms with Crippen molar-refractivity contribution in [3.63, 3.8) is 0 Å². The van der Waals surface area contributed by atoms with Crippen LogP contribution in [-0.4, -0.2) is 7.11 Å². The zero-order valence-electron chi connectivity index (χ0n) is 12.4. The van der Waals surface area contributed by atoms with Crippen molar-refractivity contribution >= 4 is 5.69 Å². The monoisotopic (exact) mass is 282 g/mol. The number of nitrogens with two attached hydrogens (primary N) is 1. The fraction of sp³-hybridized carbons (Fsp3) is 0.333. The minimum atomic E-state index is 0.427. The van der Waals surface area contributed by atoms with E-state index in [9.17, 15) is 0 Å². The normalized spacial score (nSPS) is 16.9. The summed E-state index contributed by atoms with van der Waals surface area (Å²) in [5.74, 6) is 0. The Morgan fingerprint density at radius 3 is 2.81 bits per heavy atom. The van der Waals surface area contributed by atoms with Crippen LogP contribution in [0.15, 0.2) is 42.5 Å². The molecule has 0 amide bonds. The maximum atomic E-state index is 5.86. The number of nitrogen functional groups attached to an aromatic ring is 1. The lowest BCUT2D eigenvalue weighted by Gasteiger charge is -2.16. The van der Waals surface area contributed by atoms with Gasteiger partial charge < -0.3 is 15.8 Å². The summed E-state index contributed by atoms with van der Waals surface area (Å²) in [6.07, 6.45) is 2.25. The first-order valence-electron chi connectivity index (χ1n) is 7.45. The van der Waals surface area contributed by atoms with Gasteiger partial charge in [-0.2, -0.15) is 0 Å². The molecule has 3 nitrogen and oxygen atoms in total. The molecular weight excluding hydrogens is 260 g/mol. The Morgan fingerprint density at radius 1 is 1.19 bits per heavy atom. The summed E-state index contributed by atoms with van der Waals surface area (Å²) in [6.45, 7) is 1.53. The Kier molecular flexibility index (Phi) is 4.23. The first-order valence-corrected chi connectivity index (χ1v) is 7.45. The van der Waals surface area contributed by atoms with E-state index >= 15 is 0 Å². The van der Waals surface area contributed by atoms with E-state index in [4.69, 9.17) is 10.5 Å². The lowest BCUT2D eigenvalue weighted by molar-refractivity contribution is 0.184. The second-order valence-electron chi connectivity index (χ2n) is 5.63. The van der Waals surface area contributed by atoms with Crippen molar-refractivity contribution in [2.45, 2.75) is 32.0 Å². The molecule has 3 rings (SSSR count). The number of hydrogen-bond donors (Lipinski definition) is 2. The SMILES string of the molecule is COCc1ccccc1CNC1CCc2cc(N)ccc21. The van der Waals surface area contributed by atoms with Gasteiger partial charge >= 0.3 is 0 Å². The van der Waals surface area contributed by atoms with Crippen LogP contribution < -0.4 is 11.1 Å². The molecule has 1 aliphatic carbocycles. The lowest BCUT2D eigenvalue weighted by atomic mass is 10.1. The van der Waals surface area contributed by atoms with Gasteiger partial charge in [-0.1, -0.05) is 30.3 Å². The molecule has 0 aliphatic heterocycles. The second kappa shape index (κ2) is 6.29. The Balaban J connectivity index is 1.70. The van der Waals surface area contributed by atoms with E-state index in [-0.39, 0.29) is 0 Å². The van der Waals surface area contributed by atoms with E-state index in [1.54, 1.807) is 7.11 Å². The van der Waals surface area contributed by atoms with Crippen LogP contribution in [-0.2, 0) is 24.3 Å². The first kappa shape index (κ1) is 14.1. The molecule has 1 unspecified atom stereocenters. The molecule has 0 fully saturated rings. The first-order chi connectivity index (χ1) is 10.3. The van der Waals surface area contributed by atoms with E-state index in [1.165, 1.54) is 22.3 Å². The molecule has 0 radical (unpaired) electrons. The van der Waals surface area contributed by atoms with E-state index < -0.39 is 0 Å². The highest BCUT2D eigenvalue weighted by atomic mass is 16.5. The Morgan fingerprint density at radius 2 is 2.00 bits per heavy atom. The third kappa shape index (κ3) is 3.09. The van der Waals surface area contributed by atoms with Gasteiger partial charge in [0, 0.05) is 25.4 Å². The molecule has 110 valence electrons. The smallest absolute Gasteiger partial charge is 0.0716 e. The fourth-order valence-electron chi connectivity index (χ4n) is 3.11. The number of aryl methyl sites for hydroxylation is 1. The number of rotatable bonds is 5. The third-order valence-electron chi connectivity index (χ3n) is 4.20. The van der Waals surface area contributed by atoms with Crippen molar-refractivity contribution < 1.29 is 4.74 Å². The highest BCUT2D eigenvalue weighted by Gasteiger charge is 2.21. The van der Waals surface area contributed by atoms with Gasteiger partial charge in [0.15, 0.2) is 0 Å². The standard InChI is InChI=1S/C18H22N2O/c1-21-12-15-5-3-2-4-14(15)11-20-18-9-6-13-10-16(19)7-8-17(13)18/h2-5,7-8,10,18,20H,6,9,11-12,19H2,1H3. The van der Waals surface area contributed by atoms with E-state index in [0.29, 0.717) is 12.6 Å². The molecule has 0 aromatic heterocycles. The van der Waals surface area contributed by atoms with E-state index in [2.05, 4.69) is 41.7 Å². The minimum absolute atomic E-state index is 0.427. The zero-order valence-corrected chi connectivity index (χ0v) is 12.4. The number of anilines is 1. The Hall–Kier alpha value is -1.84. The number of nitrogens with one attached hydrogen (secondary N) is 1. The number of methoxy groups -OCH3 is 1. The van der Waals surface area contributed by atoms with Crippen molar-refractivity contribution in [3.8, 4) is 0 Å². The molecule has 2 aromatic rings. The summed E-state index contributed by atoms with van der Waals surface area (Å²) in [7, 11) is 1.74. The molecule has 0 heterocycles. The van der Waals surface area contributed by atoms with Crippen LogP contribution >= 0.6 is 0 Å². The third-order valence-corrected chi connectivity index (χ3v) is 4.20. The molecule has 1 aliphatic rings. The number of benzene rings is 2. The largest absolute Gasteiger partial charge is 0.399 e. The molecule has 0 saturated heterocycles. The van der Waals surface area contributed by atoms with Crippen LogP contribution in [0.4, 0.5) is 5.69 Å². The van der Waals surface area contributed by atoms with Crippen LogP contribution in [0.25, 0.3) is 0 Å². The average molecular weight is 282 g/mol. The predicted molar refractivity (Wildman–Crippen MR) is 85.9 cm³/mol. The number of ether oxygens (including phenoxy) is 1. The highest BCUT2D eigenvalue weighted by Crippen LogP contribution is 2.32. The zero-order chi connectivity index (χ0) is 14.7. The molecule has 0 spiro atoms. The highest BCUT2D eigenvalue weighted by molar-refractivity contribution is 5.47. The van der Waals surface area contributed by atoms with Crippen LogP contribution in [0, 0.1) is 0 Å². The van der Waals surface area contributed by atoms with Crippen molar-refractivity contribution in [2.24, 2.45) is 0 Å². The molecule has 3 N–H and O–H groups in total. The van der Waals surface area contributed by atoms with E-state index in [0.717, 1.165) is 25.1 Å². The van der Waals surface area contributed by atoms with Crippen LogP contribution in [0.3, 0.4) is 0 Å². The minimum Gasteiger partial charge on any atom is -0.399 e. The van der Waals surface area contributed by atoms with Gasteiger partial charge in [0.25, 0.3) is 0 Å². The van der Waals surface area contributed by atoms with Crippen molar-refractivity contribution in [2.75, 3.05) is 12.8 Å². The van der Waals surface area contributed by atoms with Crippen LogP contribution in [0.1, 0.15) is 34.7 Å². The number of fused-ring (bicyclic) bond motifs is 1. The van der Waals surface area contributed by atoms with E-state index in [1.807, 2.05) is 6.07 Å². The fourth-order valence-corrected chi connectivity index (χ4v) is 3.11. The van der Waals surface area contributed by atoms with Gasteiger partial charge in [0.05, 0.1) is 6.61 Å². The predicted octanol–water partition coefficient (Wildman–Crippen LogP) is 3.19. The molecular formula is C18H22N2O. The van der Waals surface area contributed by atoms with Gasteiger partial charge in [-0.25, -0.2) is 0 Å². The van der Waals surface area contributed by atoms with Crippen LogP contribution in [0.2, 0.25) is 0 Å². The topological polar surface area (TPSA) is 47.3 Å². The Bertz CT molecular complexity index is 624. The van der Waals surface area contributed by atoms with Gasteiger partial charge in [0.2, 0.25) is 0 Å². The summed E-state index contributed by atoms with van der Waals surface area (Å²) in [5.41, 5.74) is 12.1. The summed E-state index contributed by atoms with van der Waals surface area (Å²) in [6, 6.07) is 15.1. The van der Waals surface area contributed by atoms with Crippen LogP contribution in [0.5, 0.6) is 0 Å². The van der Waals surface area contributed by atoms with Gasteiger partial charge in [0.1, 0.15) is 0 Å². The van der Waals surface area contributed by atoms with Gasteiger partial charge in [-0.3, -0.25) is 0 Å². The maximum absolute atomic E-state index is 5.86. The summed E-state index contributed by atoms with van der Waals surface area (Å²) >= 11 is 0. The van der Waals surface area contributed by atoms with Crippen molar-refractivity contribution in [1.29, 1.82) is 0 Å². The summed E-state index contributed by atoms with van der Waals surface area (Å²) in [4.78, 5) is 0. The average Bonchev–Trinajstić information content (AvgIpc) is 2.89. The van der Waals surface area contributed by atoms with Gasteiger partial charge in [-0.15, -0.1) is 0 Å². The molecule has 1 atom stereocenters. The number of hydrogen-bond acceptors (Lipinski definition) is 3. The quantitative estimate of drug-likeness (QED) is 0.828. The molecule has 0 bridgehead atoms. The Labute approximate surface area is 126 Å². The molecule has 3 heteroatoms.